The predicted molar refractivity (Wildman–Crippen MR) is 63.9 cm³/mol. The first-order chi connectivity index (χ1) is 7.80. The van der Waals surface area contributed by atoms with E-state index < -0.39 is 10.0 Å². The minimum Gasteiger partial charge on any atom is -0.446 e. The molecule has 0 aliphatic carbocycles. The molecule has 17 heavy (non-hydrogen) atoms. The van der Waals surface area contributed by atoms with Crippen LogP contribution in [0.15, 0.2) is 21.6 Å². The van der Waals surface area contributed by atoms with Crippen LogP contribution < -0.4 is 0 Å². The molecule has 0 aliphatic rings. The molecule has 0 spiro atoms. The molecule has 1 aromatic heterocycles. The van der Waals surface area contributed by atoms with E-state index in [1.807, 2.05) is 20.8 Å². The van der Waals surface area contributed by atoms with Gasteiger partial charge < -0.3 is 9.52 Å². The molecule has 6 heteroatoms. The molecule has 98 valence electrons. The molecule has 0 amide bonds. The van der Waals surface area contributed by atoms with Crippen molar-refractivity contribution in [1.82, 2.24) is 4.31 Å². The van der Waals surface area contributed by atoms with Crippen molar-refractivity contribution < 1.29 is 17.9 Å². The number of furan rings is 1. The van der Waals surface area contributed by atoms with Crippen molar-refractivity contribution in [3.8, 4) is 0 Å². The summed E-state index contributed by atoms with van der Waals surface area (Å²) in [5.41, 5.74) is 0. The third kappa shape index (κ3) is 2.88. The van der Waals surface area contributed by atoms with E-state index in [2.05, 4.69) is 0 Å². The van der Waals surface area contributed by atoms with Crippen LogP contribution in [0.2, 0.25) is 0 Å². The molecule has 0 aromatic carbocycles. The second kappa shape index (κ2) is 5.20. The zero-order chi connectivity index (χ0) is 13.2. The van der Waals surface area contributed by atoms with Gasteiger partial charge in [-0.25, -0.2) is 8.42 Å². The molecule has 0 saturated carbocycles. The fourth-order valence-corrected chi connectivity index (χ4v) is 2.78. The van der Waals surface area contributed by atoms with Crippen molar-refractivity contribution in [2.45, 2.75) is 38.5 Å². The molecule has 5 nitrogen and oxygen atoms in total. The van der Waals surface area contributed by atoms with E-state index in [-0.39, 0.29) is 29.4 Å². The van der Waals surface area contributed by atoms with Crippen molar-refractivity contribution in [2.75, 3.05) is 7.05 Å². The molecule has 1 aromatic rings. The first kappa shape index (κ1) is 14.2. The number of nitrogens with zero attached hydrogens (tertiary/aromatic N) is 1. The van der Waals surface area contributed by atoms with Gasteiger partial charge in [0.2, 0.25) is 5.09 Å². The SMILES string of the molecule is CC(C)C(C)N(C)S(=O)(=O)c1ccc(CO)o1. The van der Waals surface area contributed by atoms with Crippen molar-refractivity contribution in [2.24, 2.45) is 5.92 Å². The molecule has 0 aliphatic heterocycles. The number of sulfonamides is 1. The smallest absolute Gasteiger partial charge is 0.276 e. The van der Waals surface area contributed by atoms with Gasteiger partial charge in [-0.3, -0.25) is 0 Å². The average Bonchev–Trinajstić information content (AvgIpc) is 2.75. The van der Waals surface area contributed by atoms with Crippen LogP contribution in [0.5, 0.6) is 0 Å². The van der Waals surface area contributed by atoms with Crippen molar-refractivity contribution in [3.05, 3.63) is 17.9 Å². The first-order valence-electron chi connectivity index (χ1n) is 5.48. The highest BCUT2D eigenvalue weighted by Gasteiger charge is 2.29. The van der Waals surface area contributed by atoms with Gasteiger partial charge in [-0.1, -0.05) is 13.8 Å². The van der Waals surface area contributed by atoms with Crippen LogP contribution in [0.4, 0.5) is 0 Å². The summed E-state index contributed by atoms with van der Waals surface area (Å²) in [6, 6.07) is 2.70. The molecule has 0 fully saturated rings. The Morgan fingerprint density at radius 2 is 1.94 bits per heavy atom. The van der Waals surface area contributed by atoms with Gasteiger partial charge in [-0.2, -0.15) is 4.31 Å². The predicted octanol–water partition coefficient (Wildman–Crippen LogP) is 1.44. The Morgan fingerprint density at radius 1 is 1.35 bits per heavy atom. The highest BCUT2D eigenvalue weighted by atomic mass is 32.2. The van der Waals surface area contributed by atoms with E-state index >= 15 is 0 Å². The molecule has 0 saturated heterocycles. The van der Waals surface area contributed by atoms with Gasteiger partial charge in [-0.05, 0) is 25.0 Å². The molecule has 0 bridgehead atoms. The minimum absolute atomic E-state index is 0.123. The van der Waals surface area contributed by atoms with E-state index in [0.717, 1.165) is 0 Å². The summed E-state index contributed by atoms with van der Waals surface area (Å²) in [6.07, 6.45) is 0. The van der Waals surface area contributed by atoms with Crippen LogP contribution in [-0.4, -0.2) is 30.9 Å². The van der Waals surface area contributed by atoms with Gasteiger partial charge in [0.1, 0.15) is 12.4 Å². The molecule has 1 N–H and O–H groups in total. The van der Waals surface area contributed by atoms with Gasteiger partial charge in [0.25, 0.3) is 10.0 Å². The number of rotatable bonds is 5. The summed E-state index contributed by atoms with van der Waals surface area (Å²) >= 11 is 0. The summed E-state index contributed by atoms with van der Waals surface area (Å²) < 4.78 is 30.7. The maximum Gasteiger partial charge on any atom is 0.276 e. The second-order valence-electron chi connectivity index (χ2n) is 4.38. The lowest BCUT2D eigenvalue weighted by atomic mass is 10.1. The lowest BCUT2D eigenvalue weighted by Crippen LogP contribution is -2.38. The summed E-state index contributed by atoms with van der Waals surface area (Å²) in [5.74, 6) is 0.455. The molecule has 1 rings (SSSR count). The quantitative estimate of drug-likeness (QED) is 0.870. The monoisotopic (exact) mass is 261 g/mol. The fraction of sp³-hybridized carbons (Fsp3) is 0.636. The third-order valence-electron chi connectivity index (χ3n) is 2.96. The van der Waals surface area contributed by atoms with Crippen LogP contribution in [0.1, 0.15) is 26.5 Å². The highest BCUT2D eigenvalue weighted by molar-refractivity contribution is 7.89. The summed E-state index contributed by atoms with van der Waals surface area (Å²) in [4.78, 5) is 0. The minimum atomic E-state index is -3.62. The molecule has 1 unspecified atom stereocenters. The number of aliphatic hydroxyl groups excluding tert-OH is 1. The molecule has 1 atom stereocenters. The Bertz CT molecular complexity index is 464. The first-order valence-corrected chi connectivity index (χ1v) is 6.92. The van der Waals surface area contributed by atoms with E-state index in [0.29, 0.717) is 0 Å². The molecular formula is C11H19NO4S. The van der Waals surface area contributed by atoms with Gasteiger partial charge >= 0.3 is 0 Å². The van der Waals surface area contributed by atoms with Gasteiger partial charge in [0, 0.05) is 13.1 Å². The number of hydrogen-bond acceptors (Lipinski definition) is 4. The maximum absolute atomic E-state index is 12.2. The zero-order valence-electron chi connectivity index (χ0n) is 10.5. The highest BCUT2D eigenvalue weighted by Crippen LogP contribution is 2.21. The molecule has 1 heterocycles. The number of aliphatic hydroxyl groups is 1. The van der Waals surface area contributed by atoms with E-state index in [1.54, 1.807) is 0 Å². The lowest BCUT2D eigenvalue weighted by molar-refractivity contribution is 0.233. The zero-order valence-corrected chi connectivity index (χ0v) is 11.4. The van der Waals surface area contributed by atoms with Crippen molar-refractivity contribution >= 4 is 10.0 Å². The topological polar surface area (TPSA) is 70.8 Å². The van der Waals surface area contributed by atoms with Crippen LogP contribution in [0, 0.1) is 5.92 Å². The Labute approximate surface area is 102 Å². The Balaban J connectivity index is 3.02. The molecular weight excluding hydrogens is 242 g/mol. The van der Waals surface area contributed by atoms with E-state index in [4.69, 9.17) is 9.52 Å². The van der Waals surface area contributed by atoms with Crippen LogP contribution >= 0.6 is 0 Å². The largest absolute Gasteiger partial charge is 0.446 e. The Hall–Kier alpha value is -0.850. The Kier molecular flexibility index (Phi) is 4.35. The average molecular weight is 261 g/mol. The summed E-state index contributed by atoms with van der Waals surface area (Å²) in [6.45, 7) is 5.45. The Morgan fingerprint density at radius 3 is 2.35 bits per heavy atom. The standard InChI is InChI=1S/C11H19NO4S/c1-8(2)9(3)12(4)17(14,15)11-6-5-10(7-13)16-11/h5-6,8-9,13H,7H2,1-4H3. The summed E-state index contributed by atoms with van der Waals surface area (Å²) in [5, 5.41) is 8.72. The van der Waals surface area contributed by atoms with E-state index in [9.17, 15) is 8.42 Å². The molecule has 0 radical (unpaired) electrons. The van der Waals surface area contributed by atoms with Gasteiger partial charge in [-0.15, -0.1) is 0 Å². The van der Waals surface area contributed by atoms with Crippen LogP contribution in [-0.2, 0) is 16.6 Å². The second-order valence-corrected chi connectivity index (χ2v) is 6.31. The lowest BCUT2D eigenvalue weighted by Gasteiger charge is -2.26. The van der Waals surface area contributed by atoms with Crippen molar-refractivity contribution in [3.63, 3.8) is 0 Å². The van der Waals surface area contributed by atoms with Gasteiger partial charge in [0.15, 0.2) is 0 Å². The van der Waals surface area contributed by atoms with Crippen LogP contribution in [0.25, 0.3) is 0 Å². The fourth-order valence-electron chi connectivity index (χ4n) is 1.36. The third-order valence-corrected chi connectivity index (χ3v) is 4.78. The summed E-state index contributed by atoms with van der Waals surface area (Å²) in [7, 11) is -2.09. The van der Waals surface area contributed by atoms with Crippen LogP contribution in [0.3, 0.4) is 0 Å². The normalized spacial score (nSPS) is 14.5. The van der Waals surface area contributed by atoms with E-state index in [1.165, 1.54) is 23.5 Å². The number of hydrogen-bond donors (Lipinski definition) is 1. The van der Waals surface area contributed by atoms with Crippen molar-refractivity contribution in [1.29, 1.82) is 0 Å². The van der Waals surface area contributed by atoms with Gasteiger partial charge in [0.05, 0.1) is 0 Å². The maximum atomic E-state index is 12.2.